The molecule has 2 aromatic heterocycles. The van der Waals surface area contributed by atoms with Gasteiger partial charge in [-0.3, -0.25) is 9.89 Å². The molecule has 8 heteroatoms. The number of H-pyrrole nitrogens is 1. The van der Waals surface area contributed by atoms with Crippen LogP contribution in [0.4, 0.5) is 11.6 Å². The Morgan fingerprint density at radius 2 is 1.82 bits per heavy atom. The predicted octanol–water partition coefficient (Wildman–Crippen LogP) is 5.83. The fourth-order valence-electron chi connectivity index (χ4n) is 4.53. The maximum absolute atomic E-state index is 12.8. The highest BCUT2D eigenvalue weighted by atomic mass is 35.5. The minimum absolute atomic E-state index is 0.0790. The van der Waals surface area contributed by atoms with E-state index in [2.05, 4.69) is 20.5 Å². The second kappa shape index (κ2) is 9.19. The van der Waals surface area contributed by atoms with Crippen LogP contribution in [0.15, 0.2) is 48.7 Å². The Bertz CT molecular complexity index is 1300. The number of nitrogens with one attached hydrogen (secondary N) is 2. The molecule has 1 saturated carbocycles. The summed E-state index contributed by atoms with van der Waals surface area (Å²) in [5.41, 5.74) is 9.87. The van der Waals surface area contributed by atoms with E-state index in [1.807, 2.05) is 42.5 Å². The van der Waals surface area contributed by atoms with Crippen LogP contribution in [0.3, 0.4) is 0 Å². The first-order valence-corrected chi connectivity index (χ1v) is 11.6. The number of anilines is 2. The number of carbonyl (C=O) groups is 1. The highest BCUT2D eigenvalue weighted by Crippen LogP contribution is 2.36. The summed E-state index contributed by atoms with van der Waals surface area (Å²) in [5.74, 6) is 0.793. The van der Waals surface area contributed by atoms with E-state index in [1.54, 1.807) is 6.20 Å². The number of benzene rings is 2. The highest BCUT2D eigenvalue weighted by Gasteiger charge is 2.21. The van der Waals surface area contributed by atoms with Crippen LogP contribution >= 0.6 is 11.6 Å². The van der Waals surface area contributed by atoms with Crippen LogP contribution in [-0.2, 0) is 4.79 Å². The minimum Gasteiger partial charge on any atom is -0.381 e. The van der Waals surface area contributed by atoms with Crippen LogP contribution in [0.5, 0.6) is 0 Å². The summed E-state index contributed by atoms with van der Waals surface area (Å²) in [6.07, 6.45) is 8.00. The number of hydrogen-bond acceptors (Lipinski definition) is 5. The Hall–Kier alpha value is -3.45. The Morgan fingerprint density at radius 3 is 2.61 bits per heavy atom. The van der Waals surface area contributed by atoms with Crippen LogP contribution in [0.25, 0.3) is 33.4 Å². The van der Waals surface area contributed by atoms with Crippen molar-refractivity contribution in [2.75, 3.05) is 11.1 Å². The summed E-state index contributed by atoms with van der Waals surface area (Å²) in [5, 5.41) is 11.3. The van der Waals surface area contributed by atoms with Crippen molar-refractivity contribution >= 4 is 40.0 Å². The molecule has 2 heterocycles. The third-order valence-corrected chi connectivity index (χ3v) is 6.50. The normalized spacial score (nSPS) is 14.5. The van der Waals surface area contributed by atoms with Crippen molar-refractivity contribution in [1.29, 1.82) is 0 Å². The fraction of sp³-hybridized carbons (Fsp3) is 0.280. The number of nitrogen functional groups attached to an aromatic ring is 1. The third-order valence-electron chi connectivity index (χ3n) is 6.20. The number of aromatic nitrogens is 4. The summed E-state index contributed by atoms with van der Waals surface area (Å²) in [7, 11) is 0. The monoisotopic (exact) mass is 460 g/mol. The van der Waals surface area contributed by atoms with Gasteiger partial charge in [0.05, 0.1) is 28.1 Å². The topological polar surface area (TPSA) is 110 Å². The molecular weight excluding hydrogens is 436 g/mol. The maximum atomic E-state index is 12.8. The zero-order valence-corrected chi connectivity index (χ0v) is 18.9. The number of amides is 1. The summed E-state index contributed by atoms with van der Waals surface area (Å²) >= 11 is 6.50. The Labute approximate surface area is 196 Å². The quantitative estimate of drug-likeness (QED) is 0.347. The van der Waals surface area contributed by atoms with Crippen LogP contribution in [0.2, 0.25) is 5.02 Å². The zero-order chi connectivity index (χ0) is 22.8. The lowest BCUT2D eigenvalue weighted by Gasteiger charge is -2.21. The van der Waals surface area contributed by atoms with Gasteiger partial charge >= 0.3 is 0 Å². The summed E-state index contributed by atoms with van der Waals surface area (Å²) < 4.78 is 0. The Morgan fingerprint density at radius 1 is 1.06 bits per heavy atom. The van der Waals surface area contributed by atoms with Crippen LogP contribution in [-0.4, -0.2) is 26.1 Å². The van der Waals surface area contributed by atoms with Crippen molar-refractivity contribution in [3.8, 4) is 22.5 Å². The Kier molecular flexibility index (Phi) is 5.96. The van der Waals surface area contributed by atoms with Gasteiger partial charge in [-0.2, -0.15) is 5.10 Å². The van der Waals surface area contributed by atoms with E-state index in [0.29, 0.717) is 28.7 Å². The molecule has 0 unspecified atom stereocenters. The average molecular weight is 461 g/mol. The number of nitrogens with zero attached hydrogens (tertiary/aromatic N) is 3. The number of hydrogen-bond donors (Lipinski definition) is 3. The molecule has 0 bridgehead atoms. The fourth-order valence-corrected chi connectivity index (χ4v) is 4.80. The van der Waals surface area contributed by atoms with Crippen molar-refractivity contribution < 1.29 is 4.79 Å². The lowest BCUT2D eigenvalue weighted by molar-refractivity contribution is -0.117. The molecule has 33 heavy (non-hydrogen) atoms. The number of rotatable bonds is 5. The molecule has 0 radical (unpaired) electrons. The summed E-state index contributed by atoms with van der Waals surface area (Å²) in [4.78, 5) is 22.2. The number of fused-ring (bicyclic) bond motifs is 1. The SMILES string of the molecule is Nc1nc(-c2ccccc2)c(-c2cc(Cl)c3[nH]ncc3c2)nc1NC(=O)CC1CCCCC1. The van der Waals surface area contributed by atoms with E-state index in [-0.39, 0.29) is 17.5 Å². The van der Waals surface area contributed by atoms with Gasteiger partial charge in [0.2, 0.25) is 5.91 Å². The standard InChI is InChI=1S/C25H25ClN6O/c26-19-13-17(12-18-14-28-32-21(18)19)23-22(16-9-5-2-6-10-16)30-24(27)25(31-23)29-20(33)11-15-7-3-1-4-8-15/h2,5-6,9-10,12-15H,1,3-4,7-8,11H2,(H2,27,30)(H,28,32)(H,29,31,33). The van der Waals surface area contributed by atoms with Crippen molar-refractivity contribution in [3.63, 3.8) is 0 Å². The maximum Gasteiger partial charge on any atom is 0.225 e. The molecule has 7 nitrogen and oxygen atoms in total. The number of aromatic amines is 1. The first-order valence-electron chi connectivity index (χ1n) is 11.2. The number of carbonyl (C=O) groups excluding carboxylic acids is 1. The first-order chi connectivity index (χ1) is 16.1. The van der Waals surface area contributed by atoms with Gasteiger partial charge in [-0.1, -0.05) is 61.2 Å². The van der Waals surface area contributed by atoms with Crippen LogP contribution in [0.1, 0.15) is 38.5 Å². The smallest absolute Gasteiger partial charge is 0.225 e. The van der Waals surface area contributed by atoms with Crippen molar-refractivity contribution in [3.05, 3.63) is 53.7 Å². The molecule has 0 spiro atoms. The highest BCUT2D eigenvalue weighted by molar-refractivity contribution is 6.35. The van der Waals surface area contributed by atoms with Gasteiger partial charge in [-0.25, -0.2) is 9.97 Å². The second-order valence-corrected chi connectivity index (χ2v) is 8.98. The van der Waals surface area contributed by atoms with E-state index >= 15 is 0 Å². The van der Waals surface area contributed by atoms with Gasteiger partial charge in [0, 0.05) is 22.9 Å². The third kappa shape index (κ3) is 4.54. The molecule has 1 fully saturated rings. The average Bonchev–Trinajstić information content (AvgIpc) is 3.31. The molecule has 4 aromatic rings. The molecule has 0 aliphatic heterocycles. The number of nitrogens with two attached hydrogens (primary N) is 1. The van der Waals surface area contributed by atoms with Crippen LogP contribution in [0, 0.1) is 5.92 Å². The largest absolute Gasteiger partial charge is 0.381 e. The molecule has 2 aromatic carbocycles. The Balaban J connectivity index is 1.55. The lowest BCUT2D eigenvalue weighted by Crippen LogP contribution is -2.20. The number of halogens is 1. The summed E-state index contributed by atoms with van der Waals surface area (Å²) in [6, 6.07) is 13.5. The molecule has 5 rings (SSSR count). The molecular formula is C25H25ClN6O. The van der Waals surface area contributed by atoms with Gasteiger partial charge in [0.1, 0.15) is 0 Å². The molecule has 0 atom stereocenters. The second-order valence-electron chi connectivity index (χ2n) is 8.57. The van der Waals surface area contributed by atoms with E-state index in [1.165, 1.54) is 19.3 Å². The van der Waals surface area contributed by atoms with Crippen molar-refractivity contribution in [2.45, 2.75) is 38.5 Å². The van der Waals surface area contributed by atoms with Gasteiger partial charge < -0.3 is 11.1 Å². The van der Waals surface area contributed by atoms with E-state index in [0.717, 1.165) is 34.9 Å². The van der Waals surface area contributed by atoms with Gasteiger partial charge in [0.25, 0.3) is 0 Å². The van der Waals surface area contributed by atoms with E-state index in [4.69, 9.17) is 22.3 Å². The molecule has 1 aliphatic carbocycles. The van der Waals surface area contributed by atoms with Crippen molar-refractivity contribution in [1.82, 2.24) is 20.2 Å². The van der Waals surface area contributed by atoms with Crippen LogP contribution < -0.4 is 11.1 Å². The molecule has 4 N–H and O–H groups in total. The molecule has 168 valence electrons. The van der Waals surface area contributed by atoms with Gasteiger partial charge in [-0.05, 0) is 30.9 Å². The summed E-state index contributed by atoms with van der Waals surface area (Å²) in [6.45, 7) is 0. The molecule has 1 amide bonds. The predicted molar refractivity (Wildman–Crippen MR) is 132 cm³/mol. The van der Waals surface area contributed by atoms with E-state index in [9.17, 15) is 4.79 Å². The minimum atomic E-state index is -0.0790. The molecule has 1 aliphatic rings. The van der Waals surface area contributed by atoms with E-state index < -0.39 is 0 Å². The van der Waals surface area contributed by atoms with Gasteiger partial charge in [-0.15, -0.1) is 0 Å². The zero-order valence-electron chi connectivity index (χ0n) is 18.1. The lowest BCUT2D eigenvalue weighted by atomic mass is 9.87. The van der Waals surface area contributed by atoms with Crippen molar-refractivity contribution in [2.24, 2.45) is 5.92 Å². The molecule has 0 saturated heterocycles. The first kappa shape index (κ1) is 21.4. The van der Waals surface area contributed by atoms with Gasteiger partial charge in [0.15, 0.2) is 11.6 Å².